The van der Waals surface area contributed by atoms with E-state index in [1.54, 1.807) is 24.7 Å². The van der Waals surface area contributed by atoms with Crippen molar-refractivity contribution in [2.45, 2.75) is 6.92 Å². The number of ether oxygens (including phenoxy) is 1. The van der Waals surface area contributed by atoms with E-state index in [-0.39, 0.29) is 0 Å². The first-order chi connectivity index (χ1) is 5.66. The van der Waals surface area contributed by atoms with Gasteiger partial charge < -0.3 is 9.30 Å². The van der Waals surface area contributed by atoms with E-state index in [9.17, 15) is 4.79 Å². The van der Waals surface area contributed by atoms with Gasteiger partial charge in [-0.25, -0.2) is 9.78 Å². The van der Waals surface area contributed by atoms with Gasteiger partial charge in [0.25, 0.3) is 0 Å². The van der Waals surface area contributed by atoms with Crippen molar-refractivity contribution >= 4 is 21.9 Å². The van der Waals surface area contributed by atoms with Crippen molar-refractivity contribution in [3.63, 3.8) is 0 Å². The van der Waals surface area contributed by atoms with E-state index < -0.39 is 5.97 Å². The van der Waals surface area contributed by atoms with Crippen LogP contribution in [-0.4, -0.2) is 22.1 Å². The predicted molar refractivity (Wildman–Crippen MR) is 46.9 cm³/mol. The molecule has 1 rings (SSSR count). The summed E-state index contributed by atoms with van der Waals surface area (Å²) in [6.07, 6.45) is 1.56. The molecule has 0 spiro atoms. The van der Waals surface area contributed by atoms with Gasteiger partial charge in [0.2, 0.25) is 5.82 Å². The largest absolute Gasteiger partial charge is 0.460 e. The summed E-state index contributed by atoms with van der Waals surface area (Å²) in [5.41, 5.74) is 0. The maximum absolute atomic E-state index is 11.2. The first-order valence-electron chi connectivity index (χ1n) is 3.51. The molecule has 12 heavy (non-hydrogen) atoms. The van der Waals surface area contributed by atoms with E-state index >= 15 is 0 Å². The quantitative estimate of drug-likeness (QED) is 0.724. The summed E-state index contributed by atoms with van der Waals surface area (Å²) in [6, 6.07) is 0. The molecule has 0 fully saturated rings. The molecule has 0 saturated carbocycles. The highest BCUT2D eigenvalue weighted by molar-refractivity contribution is 9.10. The summed E-state index contributed by atoms with van der Waals surface area (Å²) in [6.45, 7) is 2.12. The van der Waals surface area contributed by atoms with Crippen LogP contribution in [0.25, 0.3) is 0 Å². The number of carbonyl (C=O) groups is 1. The number of hydrogen-bond donors (Lipinski definition) is 0. The van der Waals surface area contributed by atoms with E-state index in [1.807, 2.05) is 0 Å². The SMILES string of the molecule is CCOC(=O)c1ncc(Br)n1C. The molecule has 1 aromatic heterocycles. The molecule has 0 N–H and O–H groups in total. The Morgan fingerprint density at radius 1 is 1.83 bits per heavy atom. The van der Waals surface area contributed by atoms with Crippen molar-refractivity contribution in [1.82, 2.24) is 9.55 Å². The summed E-state index contributed by atoms with van der Waals surface area (Å²) >= 11 is 3.23. The second-order valence-corrected chi connectivity index (χ2v) is 3.00. The van der Waals surface area contributed by atoms with E-state index in [4.69, 9.17) is 4.74 Å². The fraction of sp³-hybridized carbons (Fsp3) is 0.429. The summed E-state index contributed by atoms with van der Waals surface area (Å²) in [4.78, 5) is 15.0. The first-order valence-corrected chi connectivity index (χ1v) is 4.30. The number of esters is 1. The summed E-state index contributed by atoms with van der Waals surface area (Å²) in [7, 11) is 1.74. The lowest BCUT2D eigenvalue weighted by Crippen LogP contribution is -2.11. The van der Waals surface area contributed by atoms with Crippen molar-refractivity contribution in [3.05, 3.63) is 16.6 Å². The third-order valence-corrected chi connectivity index (χ3v) is 2.13. The summed E-state index contributed by atoms with van der Waals surface area (Å²) < 4.78 is 7.16. The normalized spacial score (nSPS) is 9.92. The monoisotopic (exact) mass is 232 g/mol. The van der Waals surface area contributed by atoms with E-state index in [1.165, 1.54) is 0 Å². The van der Waals surface area contributed by atoms with Gasteiger partial charge in [-0.3, -0.25) is 0 Å². The fourth-order valence-electron chi connectivity index (χ4n) is 0.774. The van der Waals surface area contributed by atoms with Gasteiger partial charge in [-0.1, -0.05) is 0 Å². The molecule has 0 amide bonds. The molecular weight excluding hydrogens is 224 g/mol. The molecule has 0 aliphatic carbocycles. The van der Waals surface area contributed by atoms with Gasteiger partial charge in [0.05, 0.1) is 12.8 Å². The van der Waals surface area contributed by atoms with Crippen molar-refractivity contribution < 1.29 is 9.53 Å². The number of carbonyl (C=O) groups excluding carboxylic acids is 1. The number of hydrogen-bond acceptors (Lipinski definition) is 3. The van der Waals surface area contributed by atoms with Crippen LogP contribution < -0.4 is 0 Å². The van der Waals surface area contributed by atoms with E-state index in [0.29, 0.717) is 12.4 Å². The van der Waals surface area contributed by atoms with Crippen molar-refractivity contribution in [2.24, 2.45) is 7.05 Å². The molecule has 0 unspecified atom stereocenters. The Kier molecular flexibility index (Phi) is 2.86. The zero-order valence-corrected chi connectivity index (χ0v) is 8.46. The Labute approximate surface area is 78.7 Å². The van der Waals surface area contributed by atoms with Crippen molar-refractivity contribution in [1.29, 1.82) is 0 Å². The van der Waals surface area contributed by atoms with Gasteiger partial charge in [-0.05, 0) is 22.9 Å². The Balaban J connectivity index is 2.88. The topological polar surface area (TPSA) is 44.1 Å². The van der Waals surface area contributed by atoms with E-state index in [0.717, 1.165) is 4.60 Å². The molecule has 0 aromatic carbocycles. The molecule has 66 valence electrons. The standard InChI is InChI=1S/C7H9BrN2O2/c1-3-12-7(11)6-9-4-5(8)10(6)2/h4H,3H2,1-2H3. The maximum atomic E-state index is 11.2. The van der Waals surface area contributed by atoms with Crippen LogP contribution in [-0.2, 0) is 11.8 Å². The summed E-state index contributed by atoms with van der Waals surface area (Å²) in [5.74, 6) is -0.0885. The lowest BCUT2D eigenvalue weighted by atomic mass is 10.6. The molecule has 1 aromatic rings. The van der Waals surface area contributed by atoms with Crippen LogP contribution in [0, 0.1) is 0 Å². The highest BCUT2D eigenvalue weighted by Gasteiger charge is 2.13. The average Bonchev–Trinajstić information content (AvgIpc) is 2.34. The predicted octanol–water partition coefficient (Wildman–Crippen LogP) is 1.36. The second kappa shape index (κ2) is 3.71. The van der Waals surface area contributed by atoms with Crippen LogP contribution in [0.4, 0.5) is 0 Å². The van der Waals surface area contributed by atoms with Crippen molar-refractivity contribution in [2.75, 3.05) is 6.61 Å². The van der Waals surface area contributed by atoms with Gasteiger partial charge in [0.15, 0.2) is 0 Å². The lowest BCUT2D eigenvalue weighted by Gasteiger charge is -2.01. The highest BCUT2D eigenvalue weighted by Crippen LogP contribution is 2.10. The van der Waals surface area contributed by atoms with Crippen LogP contribution in [0.1, 0.15) is 17.5 Å². The van der Waals surface area contributed by atoms with Gasteiger partial charge in [-0.15, -0.1) is 0 Å². The smallest absolute Gasteiger partial charge is 0.374 e. The highest BCUT2D eigenvalue weighted by atomic mass is 79.9. The maximum Gasteiger partial charge on any atom is 0.374 e. The Morgan fingerprint density at radius 3 is 2.92 bits per heavy atom. The Morgan fingerprint density at radius 2 is 2.50 bits per heavy atom. The van der Waals surface area contributed by atoms with Gasteiger partial charge in [0, 0.05) is 7.05 Å². The van der Waals surface area contributed by atoms with Crippen LogP contribution in [0.5, 0.6) is 0 Å². The number of imidazole rings is 1. The second-order valence-electron chi connectivity index (χ2n) is 2.18. The number of aromatic nitrogens is 2. The van der Waals surface area contributed by atoms with E-state index in [2.05, 4.69) is 20.9 Å². The first kappa shape index (κ1) is 9.25. The minimum Gasteiger partial charge on any atom is -0.460 e. The molecule has 0 bridgehead atoms. The molecule has 0 aliphatic heterocycles. The third-order valence-electron chi connectivity index (χ3n) is 1.39. The lowest BCUT2D eigenvalue weighted by molar-refractivity contribution is 0.0507. The zero-order chi connectivity index (χ0) is 9.14. The molecule has 1 heterocycles. The molecule has 0 saturated heterocycles. The Bertz CT molecular complexity index is 296. The minimum atomic E-state index is -0.398. The number of halogens is 1. The Hall–Kier alpha value is -0.840. The molecule has 0 atom stereocenters. The van der Waals surface area contributed by atoms with Crippen molar-refractivity contribution in [3.8, 4) is 0 Å². The zero-order valence-electron chi connectivity index (χ0n) is 6.87. The van der Waals surface area contributed by atoms with Crippen LogP contribution in [0.2, 0.25) is 0 Å². The molecular formula is C7H9BrN2O2. The molecule has 5 heteroatoms. The average molecular weight is 233 g/mol. The minimum absolute atomic E-state index is 0.309. The fourth-order valence-corrected chi connectivity index (χ4v) is 1.04. The third kappa shape index (κ3) is 1.66. The van der Waals surface area contributed by atoms with Gasteiger partial charge in [-0.2, -0.15) is 0 Å². The summed E-state index contributed by atoms with van der Waals surface area (Å²) in [5, 5.41) is 0. The molecule has 4 nitrogen and oxygen atoms in total. The number of rotatable bonds is 2. The van der Waals surface area contributed by atoms with Crippen LogP contribution in [0.3, 0.4) is 0 Å². The van der Waals surface area contributed by atoms with Gasteiger partial charge in [0.1, 0.15) is 4.60 Å². The van der Waals surface area contributed by atoms with Crippen LogP contribution >= 0.6 is 15.9 Å². The van der Waals surface area contributed by atoms with Gasteiger partial charge >= 0.3 is 5.97 Å². The van der Waals surface area contributed by atoms with Crippen LogP contribution in [0.15, 0.2) is 10.8 Å². The molecule has 0 radical (unpaired) electrons. The molecule has 0 aliphatic rings. The number of nitrogens with zero attached hydrogens (tertiary/aromatic N) is 2.